The molecule has 102 valence electrons. The number of hydrogen-bond donors (Lipinski definition) is 1. The molecule has 1 aromatic carbocycles. The van der Waals surface area contributed by atoms with Crippen LogP contribution < -0.4 is 10.5 Å². The van der Waals surface area contributed by atoms with Gasteiger partial charge >= 0.3 is 0 Å². The summed E-state index contributed by atoms with van der Waals surface area (Å²) in [5.74, 6) is 1.07. The Bertz CT molecular complexity index is 549. The van der Waals surface area contributed by atoms with Crippen LogP contribution in [-0.4, -0.2) is 37.8 Å². The van der Waals surface area contributed by atoms with Gasteiger partial charge in [-0.05, 0) is 38.2 Å². The number of benzene rings is 1. The minimum Gasteiger partial charge on any atom is -0.496 e. The van der Waals surface area contributed by atoms with Crippen LogP contribution >= 0.6 is 0 Å². The molecule has 0 aliphatic rings. The molecule has 0 aliphatic carbocycles. The summed E-state index contributed by atoms with van der Waals surface area (Å²) < 4.78 is 10.3. The first-order valence-corrected chi connectivity index (χ1v) is 6.14. The average Bonchev–Trinajstić information content (AvgIpc) is 2.82. The summed E-state index contributed by atoms with van der Waals surface area (Å²) >= 11 is 0. The maximum Gasteiger partial charge on any atom is 0.222 e. The van der Waals surface area contributed by atoms with Crippen molar-refractivity contribution >= 4 is 5.88 Å². The third-order valence-corrected chi connectivity index (χ3v) is 2.92. The first-order chi connectivity index (χ1) is 9.10. The predicted octanol–water partition coefficient (Wildman–Crippen LogP) is 2.04. The van der Waals surface area contributed by atoms with E-state index in [4.69, 9.17) is 15.0 Å². The SMILES string of the molecule is COc1ccc(CCN(C)C)cc1-c1cc(N)on1. The van der Waals surface area contributed by atoms with Crippen molar-refractivity contribution in [3.63, 3.8) is 0 Å². The number of anilines is 1. The summed E-state index contributed by atoms with van der Waals surface area (Å²) in [6.07, 6.45) is 0.970. The zero-order valence-corrected chi connectivity index (χ0v) is 11.5. The molecule has 0 atom stereocenters. The second-order valence-corrected chi connectivity index (χ2v) is 4.70. The van der Waals surface area contributed by atoms with Gasteiger partial charge in [-0.25, -0.2) is 0 Å². The van der Waals surface area contributed by atoms with Gasteiger partial charge in [-0.1, -0.05) is 11.2 Å². The standard InChI is InChI=1S/C14H19N3O2/c1-17(2)7-6-10-4-5-13(18-3)11(8-10)12-9-14(15)19-16-12/h4-5,8-9H,6-7,15H2,1-3H3. The molecule has 0 saturated carbocycles. The van der Waals surface area contributed by atoms with Crippen molar-refractivity contribution in [1.29, 1.82) is 0 Å². The molecule has 0 bridgehead atoms. The molecule has 1 heterocycles. The van der Waals surface area contributed by atoms with Gasteiger partial charge in [-0.3, -0.25) is 0 Å². The van der Waals surface area contributed by atoms with Crippen molar-refractivity contribution in [2.75, 3.05) is 33.5 Å². The molecule has 1 aromatic heterocycles. The van der Waals surface area contributed by atoms with Crippen LogP contribution in [-0.2, 0) is 6.42 Å². The van der Waals surface area contributed by atoms with E-state index in [1.165, 1.54) is 5.56 Å². The summed E-state index contributed by atoms with van der Waals surface area (Å²) in [4.78, 5) is 2.15. The lowest BCUT2D eigenvalue weighted by Crippen LogP contribution is -2.15. The lowest BCUT2D eigenvalue weighted by atomic mass is 10.0. The number of ether oxygens (including phenoxy) is 1. The largest absolute Gasteiger partial charge is 0.496 e. The first-order valence-electron chi connectivity index (χ1n) is 6.14. The molecule has 0 fully saturated rings. The van der Waals surface area contributed by atoms with Crippen LogP contribution in [0.15, 0.2) is 28.8 Å². The lowest BCUT2D eigenvalue weighted by Gasteiger charge is -2.11. The molecule has 0 saturated heterocycles. The highest BCUT2D eigenvalue weighted by Gasteiger charge is 2.11. The highest BCUT2D eigenvalue weighted by molar-refractivity contribution is 5.69. The van der Waals surface area contributed by atoms with Crippen LogP contribution in [0.4, 0.5) is 5.88 Å². The van der Waals surface area contributed by atoms with Crippen LogP contribution in [0.5, 0.6) is 5.75 Å². The van der Waals surface area contributed by atoms with Crippen molar-refractivity contribution in [3.8, 4) is 17.0 Å². The highest BCUT2D eigenvalue weighted by Crippen LogP contribution is 2.31. The highest BCUT2D eigenvalue weighted by atomic mass is 16.5. The van der Waals surface area contributed by atoms with Crippen LogP contribution in [0.3, 0.4) is 0 Å². The van der Waals surface area contributed by atoms with E-state index < -0.39 is 0 Å². The second kappa shape index (κ2) is 5.75. The third-order valence-electron chi connectivity index (χ3n) is 2.92. The molecule has 2 aromatic rings. The fourth-order valence-corrected chi connectivity index (χ4v) is 1.88. The Hall–Kier alpha value is -2.01. The smallest absolute Gasteiger partial charge is 0.222 e. The van der Waals surface area contributed by atoms with Gasteiger partial charge in [0.2, 0.25) is 5.88 Å². The normalized spacial score (nSPS) is 10.9. The van der Waals surface area contributed by atoms with Crippen molar-refractivity contribution in [2.24, 2.45) is 0 Å². The fraction of sp³-hybridized carbons (Fsp3) is 0.357. The fourth-order valence-electron chi connectivity index (χ4n) is 1.88. The van der Waals surface area contributed by atoms with Crippen LogP contribution in [0, 0.1) is 0 Å². The van der Waals surface area contributed by atoms with E-state index in [0.29, 0.717) is 11.6 Å². The molecule has 0 radical (unpaired) electrons. The number of nitrogens with two attached hydrogens (primary N) is 1. The molecular formula is C14H19N3O2. The monoisotopic (exact) mass is 261 g/mol. The topological polar surface area (TPSA) is 64.5 Å². The van der Waals surface area contributed by atoms with Gasteiger partial charge in [0.25, 0.3) is 0 Å². The zero-order valence-electron chi connectivity index (χ0n) is 11.5. The Kier molecular flexibility index (Phi) is 4.06. The van der Waals surface area contributed by atoms with Gasteiger partial charge in [0.1, 0.15) is 11.4 Å². The summed E-state index contributed by atoms with van der Waals surface area (Å²) in [7, 11) is 5.76. The molecule has 5 nitrogen and oxygen atoms in total. The van der Waals surface area contributed by atoms with Gasteiger partial charge < -0.3 is 19.9 Å². The van der Waals surface area contributed by atoms with E-state index in [-0.39, 0.29) is 0 Å². The molecule has 19 heavy (non-hydrogen) atoms. The van der Waals surface area contributed by atoms with Crippen molar-refractivity contribution in [1.82, 2.24) is 10.1 Å². The third kappa shape index (κ3) is 3.26. The predicted molar refractivity (Wildman–Crippen MR) is 75.2 cm³/mol. The van der Waals surface area contributed by atoms with Crippen LogP contribution in [0.1, 0.15) is 5.56 Å². The number of hydrogen-bond acceptors (Lipinski definition) is 5. The maximum absolute atomic E-state index is 5.57. The molecule has 0 aliphatic heterocycles. The van der Waals surface area contributed by atoms with Gasteiger partial charge in [0, 0.05) is 18.2 Å². The summed E-state index contributed by atoms with van der Waals surface area (Å²) in [5, 5.41) is 3.94. The molecule has 2 rings (SSSR count). The van der Waals surface area contributed by atoms with E-state index in [2.05, 4.69) is 36.3 Å². The average molecular weight is 261 g/mol. The number of aromatic nitrogens is 1. The number of rotatable bonds is 5. The molecule has 2 N–H and O–H groups in total. The van der Waals surface area contributed by atoms with Gasteiger partial charge in [-0.15, -0.1) is 0 Å². The van der Waals surface area contributed by atoms with Gasteiger partial charge in [0.15, 0.2) is 0 Å². The number of nitrogen functional groups attached to an aromatic ring is 1. The number of likely N-dealkylation sites (N-methyl/N-ethyl adjacent to an activating group) is 1. The molecular weight excluding hydrogens is 242 g/mol. The number of nitrogens with zero attached hydrogens (tertiary/aromatic N) is 2. The summed E-state index contributed by atoms with van der Waals surface area (Å²) in [5.41, 5.74) is 8.39. The Morgan fingerprint density at radius 3 is 2.68 bits per heavy atom. The minimum atomic E-state index is 0.302. The molecule has 0 spiro atoms. The van der Waals surface area contributed by atoms with Crippen molar-refractivity contribution in [2.45, 2.75) is 6.42 Å². The Balaban J connectivity index is 2.31. The Morgan fingerprint density at radius 1 is 1.32 bits per heavy atom. The van der Waals surface area contributed by atoms with E-state index in [9.17, 15) is 0 Å². The first kappa shape index (κ1) is 13.4. The second-order valence-electron chi connectivity index (χ2n) is 4.70. The molecule has 0 amide bonds. The molecule has 5 heteroatoms. The lowest BCUT2D eigenvalue weighted by molar-refractivity contribution is 0.410. The summed E-state index contributed by atoms with van der Waals surface area (Å²) in [6.45, 7) is 0.993. The van der Waals surface area contributed by atoms with Gasteiger partial charge in [0.05, 0.1) is 7.11 Å². The quantitative estimate of drug-likeness (QED) is 0.892. The molecule has 0 unspecified atom stereocenters. The zero-order chi connectivity index (χ0) is 13.8. The van der Waals surface area contributed by atoms with E-state index in [1.807, 2.05) is 6.07 Å². The van der Waals surface area contributed by atoms with Crippen LogP contribution in [0.2, 0.25) is 0 Å². The minimum absolute atomic E-state index is 0.302. The van der Waals surface area contributed by atoms with Crippen molar-refractivity contribution < 1.29 is 9.26 Å². The maximum atomic E-state index is 5.57. The summed E-state index contributed by atoms with van der Waals surface area (Å²) in [6, 6.07) is 7.79. The van der Waals surface area contributed by atoms with Crippen molar-refractivity contribution in [3.05, 3.63) is 29.8 Å². The Labute approximate surface area is 112 Å². The Morgan fingerprint density at radius 2 is 2.11 bits per heavy atom. The van der Waals surface area contributed by atoms with E-state index >= 15 is 0 Å². The van der Waals surface area contributed by atoms with Crippen LogP contribution in [0.25, 0.3) is 11.3 Å². The van der Waals surface area contributed by atoms with E-state index in [0.717, 1.165) is 24.3 Å². The van der Waals surface area contributed by atoms with E-state index in [1.54, 1.807) is 13.2 Å². The van der Waals surface area contributed by atoms with Gasteiger partial charge in [-0.2, -0.15) is 0 Å². The number of methoxy groups -OCH3 is 1.